The second-order valence-electron chi connectivity index (χ2n) is 24.7. The van der Waals surface area contributed by atoms with Crippen LogP contribution < -0.4 is 0 Å². The molecule has 502 valence electrons. The summed E-state index contributed by atoms with van der Waals surface area (Å²) >= 11 is 0. The number of hydrogen-bond acceptors (Lipinski definition) is 22. The van der Waals surface area contributed by atoms with Crippen LogP contribution in [0.15, 0.2) is 36.4 Å². The summed E-state index contributed by atoms with van der Waals surface area (Å²) in [5.41, 5.74) is 0.681. The first-order valence-electron chi connectivity index (χ1n) is 33.2. The Kier molecular flexibility index (Phi) is 31.9. The molecule has 0 aliphatic carbocycles. The number of ether oxygens (including phenoxy) is 12. The number of carbonyl (C=O) groups excluding carboxylic acids is 4. The first kappa shape index (κ1) is 73.3. The summed E-state index contributed by atoms with van der Waals surface area (Å²) in [5, 5.41) is 70.0. The molecule has 5 aliphatic rings. The van der Waals surface area contributed by atoms with Gasteiger partial charge in [-0.15, -0.1) is 0 Å². The van der Waals surface area contributed by atoms with Gasteiger partial charge in [0.15, 0.2) is 49.6 Å². The summed E-state index contributed by atoms with van der Waals surface area (Å²) in [7, 11) is 0. The Morgan fingerprint density at radius 2 is 1.18 bits per heavy atom. The van der Waals surface area contributed by atoms with Crippen LogP contribution in [0.5, 0.6) is 0 Å². The number of hydrogen-bond donors (Lipinski definition) is 6. The van der Waals surface area contributed by atoms with E-state index in [1.54, 1.807) is 45.0 Å². The molecule has 6 rings (SSSR count). The molecule has 1 aromatic carbocycles. The molecule has 0 aromatic heterocycles. The summed E-state index contributed by atoms with van der Waals surface area (Å²) in [4.78, 5) is 54.5. The summed E-state index contributed by atoms with van der Waals surface area (Å²) < 4.78 is 75.0. The van der Waals surface area contributed by atoms with Crippen molar-refractivity contribution in [1.29, 1.82) is 0 Å². The van der Waals surface area contributed by atoms with Gasteiger partial charge in [-0.3, -0.25) is 14.4 Å². The monoisotopic (exact) mass is 1250 g/mol. The van der Waals surface area contributed by atoms with Crippen LogP contribution in [-0.2, 0) is 76.0 Å². The molecule has 5 fully saturated rings. The summed E-state index contributed by atoms with van der Waals surface area (Å²) in [6.45, 7) is 11.7. The van der Waals surface area contributed by atoms with E-state index in [4.69, 9.17) is 56.8 Å². The number of esters is 4. The predicted molar refractivity (Wildman–Crippen MR) is 320 cm³/mol. The molecule has 0 saturated carbocycles. The predicted octanol–water partition coefficient (Wildman–Crippen LogP) is 7.72. The zero-order valence-corrected chi connectivity index (χ0v) is 53.1. The normalized spacial score (nSPS) is 36.0. The number of aliphatic hydroxyl groups excluding tert-OH is 6. The Labute approximate surface area is 520 Å². The zero-order chi connectivity index (χ0) is 63.7. The van der Waals surface area contributed by atoms with Gasteiger partial charge < -0.3 is 87.5 Å². The third-order valence-corrected chi connectivity index (χ3v) is 17.6. The molecule has 22 atom stereocenters. The molecular formula is C66H106O22. The van der Waals surface area contributed by atoms with Crippen molar-refractivity contribution in [2.24, 2.45) is 5.92 Å². The molecule has 22 heteroatoms. The number of unbranched alkanes of at least 4 members (excludes halogenated alkanes) is 10. The minimum Gasteiger partial charge on any atom is -0.457 e. The van der Waals surface area contributed by atoms with Crippen LogP contribution in [-0.4, -0.2) is 190 Å². The third kappa shape index (κ3) is 22.0. The van der Waals surface area contributed by atoms with Crippen molar-refractivity contribution in [2.45, 2.75) is 331 Å². The van der Waals surface area contributed by atoms with E-state index in [1.807, 2.05) is 6.07 Å². The Morgan fingerprint density at radius 3 is 1.86 bits per heavy atom. The van der Waals surface area contributed by atoms with Crippen LogP contribution in [0.25, 0.3) is 6.08 Å². The fraction of sp³-hybridized carbons (Fsp3) is 0.818. The second kappa shape index (κ2) is 38.3. The molecule has 2 unspecified atom stereocenters. The lowest BCUT2D eigenvalue weighted by molar-refractivity contribution is -0.388. The topological polar surface area (TPSA) is 300 Å². The number of carbonyl (C=O) groups is 4. The molecule has 0 amide bonds. The molecule has 0 bridgehead atoms. The zero-order valence-electron chi connectivity index (χ0n) is 53.1. The van der Waals surface area contributed by atoms with Gasteiger partial charge in [-0.05, 0) is 64.5 Å². The van der Waals surface area contributed by atoms with Crippen molar-refractivity contribution in [2.75, 3.05) is 6.61 Å². The van der Waals surface area contributed by atoms with E-state index >= 15 is 0 Å². The average molecular weight is 1250 g/mol. The molecule has 1 aromatic rings. The Morgan fingerprint density at radius 1 is 0.580 bits per heavy atom. The fourth-order valence-corrected chi connectivity index (χ4v) is 11.9. The van der Waals surface area contributed by atoms with E-state index in [0.717, 1.165) is 89.5 Å². The number of rotatable bonds is 26. The van der Waals surface area contributed by atoms with E-state index in [9.17, 15) is 49.8 Å². The average Bonchev–Trinajstić information content (AvgIpc) is 1.06. The van der Waals surface area contributed by atoms with Crippen molar-refractivity contribution >= 4 is 30.0 Å². The minimum absolute atomic E-state index is 0.0169. The maximum absolute atomic E-state index is 13.8. The maximum Gasteiger partial charge on any atom is 0.331 e. The standard InChI is InChI=1S/C66H106O22/c1-8-11-13-14-15-16-19-22-29-35-47(68)82-55-41(5)78-64(60(52(55)73)84-49(70)38-37-44-31-26-24-27-32-44)87-57-43(7)77-63(54(75)58(57)85-62(76)40(4)10-3)86-56-42(6)79-65-61(53(56)74)83-48(69)36-30-23-20-17-18-21-28-34-45(33-25-12-9-2)80-66-59(88-65)51(72)50(71)46(39-67)81-66/h24,26-27,31-32,37-38,40-43,45-46,50-61,63-67,71-75H,8-23,25,28-30,33-36,39H2,1-7H3/b38-37+/t40?,41-,42-,43-,45?,46+,50+,51-,52+,53+,54+,55-,56-,57-,58-,59+,60+,61+,63-,64-,65-,66+/m0/s1. The molecule has 88 heavy (non-hydrogen) atoms. The van der Waals surface area contributed by atoms with E-state index < -0.39 is 159 Å². The van der Waals surface area contributed by atoms with E-state index in [-0.39, 0.29) is 18.9 Å². The quantitative estimate of drug-likeness (QED) is 0.0224. The molecule has 0 spiro atoms. The highest BCUT2D eigenvalue weighted by Gasteiger charge is 2.57. The van der Waals surface area contributed by atoms with Gasteiger partial charge in [0.1, 0.15) is 54.9 Å². The van der Waals surface area contributed by atoms with Crippen LogP contribution >= 0.6 is 0 Å². The van der Waals surface area contributed by atoms with Gasteiger partial charge in [-0.25, -0.2) is 4.79 Å². The second-order valence-corrected chi connectivity index (χ2v) is 24.7. The lowest BCUT2D eigenvalue weighted by Crippen LogP contribution is -2.67. The van der Waals surface area contributed by atoms with Crippen molar-refractivity contribution in [1.82, 2.24) is 0 Å². The molecule has 6 N–H and O–H groups in total. The van der Waals surface area contributed by atoms with Gasteiger partial charge >= 0.3 is 23.9 Å². The van der Waals surface area contributed by atoms with Gasteiger partial charge in [0, 0.05) is 18.9 Å². The lowest BCUT2D eigenvalue weighted by atomic mass is 9.95. The Bertz CT molecular complexity index is 2200. The van der Waals surface area contributed by atoms with E-state index in [1.165, 1.54) is 45.6 Å². The van der Waals surface area contributed by atoms with Gasteiger partial charge in [0.05, 0.1) is 36.9 Å². The number of benzene rings is 1. The first-order chi connectivity index (χ1) is 42.4. The third-order valence-electron chi connectivity index (χ3n) is 17.6. The summed E-state index contributed by atoms with van der Waals surface area (Å²) in [6, 6.07) is 8.95. The number of fused-ring (bicyclic) bond motifs is 2. The SMILES string of the molecule is CCCCCCCCCCCC(=O)O[C@@H]1[C@@H](O)[C@@H](OC(=O)/C=C/c2ccccc2)[C@H](O[C@@H]2[C@@H](OC(=O)C(C)CC)[C@@H](O)[C@H](O[C@@H]3[C@@H](O)[C@H]4OC(=O)CCCCCCCCCC(CCCCC)O[C@@H]5O[C@H](CO)[C@@H](O)[C@H](O)[C@H]5O[C@@H]4O[C@H]3C)O[C@H]2C)O[C@H]1C. The number of aliphatic hydroxyl groups is 6. The molecular weight excluding hydrogens is 1140 g/mol. The van der Waals surface area contributed by atoms with Gasteiger partial charge in [0.25, 0.3) is 0 Å². The van der Waals surface area contributed by atoms with E-state index in [0.29, 0.717) is 37.7 Å². The van der Waals surface area contributed by atoms with Crippen molar-refractivity contribution in [3.8, 4) is 0 Å². The van der Waals surface area contributed by atoms with Gasteiger partial charge in [0.2, 0.25) is 0 Å². The largest absolute Gasteiger partial charge is 0.457 e. The van der Waals surface area contributed by atoms with Crippen LogP contribution in [0.3, 0.4) is 0 Å². The van der Waals surface area contributed by atoms with Crippen molar-refractivity contribution < 1.29 is 107 Å². The highest BCUT2D eigenvalue weighted by molar-refractivity contribution is 5.87. The van der Waals surface area contributed by atoms with E-state index in [2.05, 4.69) is 13.8 Å². The summed E-state index contributed by atoms with van der Waals surface area (Å²) in [6.07, 6.45) is -8.14. The Balaban J connectivity index is 1.24. The molecule has 5 heterocycles. The van der Waals surface area contributed by atoms with Crippen molar-refractivity contribution in [3.63, 3.8) is 0 Å². The lowest BCUT2D eigenvalue weighted by Gasteiger charge is -2.50. The first-order valence-corrected chi connectivity index (χ1v) is 33.2. The van der Waals surface area contributed by atoms with Gasteiger partial charge in [-0.1, -0.05) is 167 Å². The van der Waals surface area contributed by atoms with Crippen LogP contribution in [0.4, 0.5) is 0 Å². The van der Waals surface area contributed by atoms with Crippen LogP contribution in [0.2, 0.25) is 0 Å². The molecule has 5 aliphatic heterocycles. The maximum atomic E-state index is 13.8. The minimum atomic E-state index is -1.90. The molecule has 22 nitrogen and oxygen atoms in total. The van der Waals surface area contributed by atoms with Crippen LogP contribution in [0.1, 0.15) is 208 Å². The van der Waals surface area contributed by atoms with Gasteiger partial charge in [-0.2, -0.15) is 0 Å². The molecule has 0 radical (unpaired) electrons. The fourth-order valence-electron chi connectivity index (χ4n) is 11.9. The Hall–Kier alpha value is -3.72. The van der Waals surface area contributed by atoms with Crippen LogP contribution in [0, 0.1) is 5.92 Å². The smallest absolute Gasteiger partial charge is 0.331 e. The highest BCUT2D eigenvalue weighted by atomic mass is 16.8. The van der Waals surface area contributed by atoms with Crippen molar-refractivity contribution in [3.05, 3.63) is 42.0 Å². The molecule has 5 saturated heterocycles. The highest BCUT2D eigenvalue weighted by Crippen LogP contribution is 2.38. The summed E-state index contributed by atoms with van der Waals surface area (Å²) in [5.74, 6) is -3.57.